The standard InChI is InChI=1S/2ClH.4HP5.2Zr/c;;4*1-2-4-5-3-1;;/h2*1H;4*1H;;/p-2. The molecule has 0 amide bonds. The van der Waals surface area contributed by atoms with Gasteiger partial charge in [-0.2, -0.15) is 0 Å². The molecule has 0 atom stereocenters. The Hall–Kier alpha value is 8.35. The Morgan fingerprint density at radius 3 is 0.458 bits per heavy atom. The predicted octanol–water partition coefficient (Wildman–Crippen LogP) is 10.2. The van der Waals surface area contributed by atoms with E-state index in [2.05, 4.69) is 0 Å². The molecule has 0 bridgehead atoms. The van der Waals surface area contributed by atoms with Gasteiger partial charge in [-0.05, 0) is 121 Å². The van der Waals surface area contributed by atoms with Gasteiger partial charge >= 0.3 is 0 Å². The molecule has 4 aromatic rings. The average Bonchev–Trinajstić information content (AvgIpc) is 3.40. The third-order valence-corrected chi connectivity index (χ3v) is 70.9. The molecule has 0 aliphatic carbocycles. The van der Waals surface area contributed by atoms with Gasteiger partial charge in [-0.1, -0.05) is 30.2 Å². The number of rotatable bonds is 0. The van der Waals surface area contributed by atoms with Gasteiger partial charge in [0.1, 0.15) is 0 Å². The van der Waals surface area contributed by atoms with Crippen molar-refractivity contribution in [3.63, 3.8) is 0 Å². The van der Waals surface area contributed by atoms with Crippen molar-refractivity contribution in [2.45, 2.75) is 0 Å². The van der Waals surface area contributed by atoms with E-state index in [1.54, 1.807) is 121 Å². The Labute approximate surface area is 224 Å². The van der Waals surface area contributed by atoms with Crippen LogP contribution >= 0.6 is 151 Å². The molecular formula is H4Cl2P20Zr2-2. The Bertz CT molecular complexity index is 351. The summed E-state index contributed by atoms with van der Waals surface area (Å²) >= 11 is 0. The summed E-state index contributed by atoms with van der Waals surface area (Å²) in [5.41, 5.74) is 0. The van der Waals surface area contributed by atoms with Crippen molar-refractivity contribution in [2.24, 2.45) is 0 Å². The molecule has 24 heavy (non-hydrogen) atoms. The predicted molar refractivity (Wildman–Crippen MR) is 144 cm³/mol. The van der Waals surface area contributed by atoms with Crippen LogP contribution in [0.4, 0.5) is 0 Å². The van der Waals surface area contributed by atoms with Gasteiger partial charge in [0.2, 0.25) is 0 Å². The van der Waals surface area contributed by atoms with E-state index < -0.39 is 0 Å². The molecule has 0 aliphatic heterocycles. The van der Waals surface area contributed by atoms with Gasteiger partial charge in [-0.15, -0.1) is 0 Å². The first-order valence-corrected chi connectivity index (χ1v) is 37.7. The summed E-state index contributed by atoms with van der Waals surface area (Å²) in [6, 6.07) is 0. The Morgan fingerprint density at radius 2 is 0.417 bits per heavy atom. The molecule has 0 aliphatic rings. The van der Waals surface area contributed by atoms with Crippen LogP contribution in [-0.4, -0.2) is 0 Å². The monoisotopic (exact) mass is 873 g/mol. The van der Waals surface area contributed by atoms with E-state index in [9.17, 15) is 0 Å². The zero-order chi connectivity index (χ0) is 14.1. The molecule has 0 radical (unpaired) electrons. The van der Waals surface area contributed by atoms with Crippen molar-refractivity contribution in [3.05, 3.63) is 0 Å². The topological polar surface area (TPSA) is 0 Å². The molecule has 0 spiro atoms. The fourth-order valence-electron chi connectivity index (χ4n) is 0.400. The van der Waals surface area contributed by atoms with Crippen LogP contribution in [-0.2, 0) is 52.4 Å². The van der Waals surface area contributed by atoms with Crippen LogP contribution in [0.3, 0.4) is 0 Å². The molecule has 0 aromatic carbocycles. The largest absolute Gasteiger partial charge is 1.00 e. The SMILES string of the molecule is [Cl-].[Cl-].[Zr].[Zr].p1pp[pH]p1.p1pp[pH]p1.p1pp[pH]p1.p1pp[pH]p1. The molecule has 4 heterocycles. The summed E-state index contributed by atoms with van der Waals surface area (Å²) in [6.45, 7) is 0. The fraction of sp³-hybridized carbons (Fsp3) is 0. The van der Waals surface area contributed by atoms with Gasteiger partial charge in [-0.25, -0.2) is 0 Å². The van der Waals surface area contributed by atoms with Crippen LogP contribution in [0, 0.1) is 0 Å². The van der Waals surface area contributed by atoms with Crippen molar-refractivity contribution in [1.82, 2.24) is 0 Å². The first kappa shape index (κ1) is 39.6. The molecule has 0 saturated heterocycles. The van der Waals surface area contributed by atoms with Crippen LogP contribution in [0.2, 0.25) is 0 Å². The fourth-order valence-corrected chi connectivity index (χ4v) is 97.2. The maximum absolute atomic E-state index is 1.67. The summed E-state index contributed by atoms with van der Waals surface area (Å²) in [5, 5.41) is 0. The van der Waals surface area contributed by atoms with Gasteiger partial charge in [0.25, 0.3) is 0 Å². The Kier molecular flexibility index (Phi) is 59.2. The quantitative estimate of drug-likeness (QED) is 0.165. The first-order valence-electron chi connectivity index (χ1n) is 4.19. The number of hydrogen-bond acceptors (Lipinski definition) is 0. The second-order valence-corrected chi connectivity index (χ2v) is 51.7. The van der Waals surface area contributed by atoms with Crippen molar-refractivity contribution < 1.29 is 77.2 Å². The summed E-state index contributed by atoms with van der Waals surface area (Å²) in [5.74, 6) is 0. The second-order valence-electron chi connectivity index (χ2n) is 1.92. The van der Waals surface area contributed by atoms with E-state index >= 15 is 0 Å². The van der Waals surface area contributed by atoms with Crippen LogP contribution in [0.25, 0.3) is 0 Å². The minimum atomic E-state index is 0. The maximum atomic E-state index is 1.67. The van der Waals surface area contributed by atoms with Crippen LogP contribution in [0.1, 0.15) is 0 Å². The molecule has 128 valence electrons. The molecule has 24 heteroatoms. The summed E-state index contributed by atoms with van der Waals surface area (Å²) in [7, 11) is 31.3. The zero-order valence-corrected chi connectivity index (χ0v) is 35.7. The maximum Gasteiger partial charge on any atom is 0 e. The van der Waals surface area contributed by atoms with Gasteiger partial charge < -0.3 is 24.8 Å². The van der Waals surface area contributed by atoms with Gasteiger partial charge in [0.05, 0.1) is 0 Å². The zero-order valence-electron chi connectivity index (χ0n) is 10.9. The first-order chi connectivity index (χ1) is 10.0. The van der Waals surface area contributed by atoms with Gasteiger partial charge in [-0.3, -0.25) is 0 Å². The van der Waals surface area contributed by atoms with Crippen molar-refractivity contribution >= 4 is 151 Å². The molecule has 0 unspecified atom stereocenters. The van der Waals surface area contributed by atoms with Gasteiger partial charge in [0, 0.05) is 52.4 Å². The Balaban J connectivity index is -0.000000105. The minimum absolute atomic E-state index is 0. The van der Waals surface area contributed by atoms with Crippen molar-refractivity contribution in [1.29, 1.82) is 0 Å². The van der Waals surface area contributed by atoms with E-state index in [0.29, 0.717) is 0 Å². The van der Waals surface area contributed by atoms with Crippen molar-refractivity contribution in [3.8, 4) is 0 Å². The van der Waals surface area contributed by atoms with E-state index in [1.165, 1.54) is 30.2 Å². The third-order valence-electron chi connectivity index (χ3n) is 0.876. The van der Waals surface area contributed by atoms with Gasteiger partial charge in [0.15, 0.2) is 0 Å². The molecule has 0 saturated carbocycles. The Morgan fingerprint density at radius 1 is 0.292 bits per heavy atom. The number of hydrogen-bond donors (Lipinski definition) is 0. The molecule has 0 fully saturated rings. The molecule has 0 nitrogen and oxygen atoms in total. The molecule has 0 N–H and O–H groups in total. The molecule has 4 rings (SSSR count). The smallest absolute Gasteiger partial charge is 0 e. The second kappa shape index (κ2) is 35.9. The summed E-state index contributed by atoms with van der Waals surface area (Å²) in [4.78, 5) is 0. The van der Waals surface area contributed by atoms with E-state index in [4.69, 9.17) is 0 Å². The van der Waals surface area contributed by atoms with Crippen LogP contribution in [0.15, 0.2) is 0 Å². The van der Waals surface area contributed by atoms with E-state index in [-0.39, 0.29) is 77.2 Å². The van der Waals surface area contributed by atoms with Crippen molar-refractivity contribution in [2.75, 3.05) is 0 Å². The normalized spacial score (nSPS) is 13.3. The molecular weight excluding hydrogens is 873 g/mol. The van der Waals surface area contributed by atoms with E-state index in [1.807, 2.05) is 0 Å². The molecule has 4 aromatic heterocycles. The third kappa shape index (κ3) is 32.5. The number of halogens is 2. The minimum Gasteiger partial charge on any atom is -1.00 e. The summed E-state index contributed by atoms with van der Waals surface area (Å²) < 4.78 is 0. The van der Waals surface area contributed by atoms with E-state index in [0.717, 1.165) is 0 Å². The summed E-state index contributed by atoms with van der Waals surface area (Å²) in [6.07, 6.45) is 0. The average molecular weight is 877 g/mol. The van der Waals surface area contributed by atoms with Crippen LogP contribution < -0.4 is 24.8 Å². The van der Waals surface area contributed by atoms with Crippen LogP contribution in [0.5, 0.6) is 0 Å².